The summed E-state index contributed by atoms with van der Waals surface area (Å²) in [5.41, 5.74) is 7.35. The maximum absolute atomic E-state index is 7.26. The molecular formula is C9H16NNaO2S2. The van der Waals surface area contributed by atoms with Crippen molar-refractivity contribution in [1.29, 1.82) is 0 Å². The van der Waals surface area contributed by atoms with E-state index in [1.807, 2.05) is 30.3 Å². The molecule has 0 saturated heterocycles. The Morgan fingerprint density at radius 3 is 1.40 bits per heavy atom. The van der Waals surface area contributed by atoms with Crippen LogP contribution in [0.15, 0.2) is 30.3 Å². The van der Waals surface area contributed by atoms with Crippen LogP contribution in [0.2, 0.25) is 0 Å². The van der Waals surface area contributed by atoms with Gasteiger partial charge in [0.1, 0.15) is 11.1 Å². The van der Waals surface area contributed by atoms with Gasteiger partial charge in [-0.1, -0.05) is 25.6 Å². The summed E-state index contributed by atoms with van der Waals surface area (Å²) in [5.74, 6) is 0. The summed E-state index contributed by atoms with van der Waals surface area (Å²) in [6, 6.07) is 9.49. The average Bonchev–Trinajstić information content (AvgIpc) is 2.08. The molecule has 15 heavy (non-hydrogen) atoms. The van der Waals surface area contributed by atoms with Crippen molar-refractivity contribution in [2.75, 3.05) is 5.73 Å². The number of aliphatic hydroxyl groups is 2. The third kappa shape index (κ3) is 31.6. The third-order valence-corrected chi connectivity index (χ3v) is 0.800. The van der Waals surface area contributed by atoms with Gasteiger partial charge in [-0.15, -0.1) is 0 Å². The summed E-state index contributed by atoms with van der Waals surface area (Å²) in [4.78, 5) is 0. The Morgan fingerprint density at radius 1 is 1.00 bits per heavy atom. The second kappa shape index (κ2) is 23.5. The predicted molar refractivity (Wildman–Crippen MR) is 77.3 cm³/mol. The van der Waals surface area contributed by atoms with Gasteiger partial charge in [0, 0.05) is 5.69 Å². The Kier molecular flexibility index (Phi) is 37.9. The predicted octanol–water partition coefficient (Wildman–Crippen LogP) is 2.26. The van der Waals surface area contributed by atoms with Crippen LogP contribution in [0.5, 0.6) is 0 Å². The van der Waals surface area contributed by atoms with Crippen LogP contribution in [-0.2, 0) is 0 Å². The fraction of sp³-hybridized carbons (Fsp3) is 0.111. The molecular weight excluding hydrogens is 241 g/mol. The first-order chi connectivity index (χ1) is 6.22. The number of nitrogen functional groups attached to an aromatic ring is 1. The molecule has 1 aromatic rings. The van der Waals surface area contributed by atoms with Gasteiger partial charge in [0.2, 0.25) is 0 Å². The summed E-state index contributed by atoms with van der Waals surface area (Å²) in [7, 11) is 0. The molecule has 1 aromatic carbocycles. The van der Waals surface area contributed by atoms with Crippen molar-refractivity contribution >= 4 is 70.8 Å². The van der Waals surface area contributed by atoms with E-state index in [9.17, 15) is 0 Å². The van der Waals surface area contributed by atoms with Gasteiger partial charge in [0.15, 0.2) is 0 Å². The van der Waals surface area contributed by atoms with E-state index in [1.54, 1.807) is 0 Å². The molecule has 1 rings (SSSR count). The van der Waals surface area contributed by atoms with Crippen LogP contribution in [-0.4, -0.2) is 50.9 Å². The molecule has 0 aliphatic heterocycles. The fourth-order valence-corrected chi connectivity index (χ4v) is 0.453. The number of rotatable bonds is 0. The van der Waals surface area contributed by atoms with E-state index >= 15 is 0 Å². The van der Waals surface area contributed by atoms with Gasteiger partial charge in [-0.3, -0.25) is 0 Å². The molecule has 0 aromatic heterocycles. The van der Waals surface area contributed by atoms with Crippen LogP contribution in [0.1, 0.15) is 7.43 Å². The number of hydrogen-bond acceptors (Lipinski definition) is 3. The van der Waals surface area contributed by atoms with Crippen molar-refractivity contribution in [2.45, 2.75) is 7.43 Å². The van der Waals surface area contributed by atoms with E-state index in [2.05, 4.69) is 24.4 Å². The topological polar surface area (TPSA) is 66.5 Å². The molecule has 0 radical (unpaired) electrons. The SMILES string of the molecule is C.Nc1ccccc1.OC=S.OC=S.[NaH]. The standard InChI is InChI=1S/C6H7N.2CH2OS.CH4.Na.H/c7-6-4-2-1-3-5-6;2*2-1-3;;;/h1-5H,7H2;2*1H,(H,2,3);1H4;;. The first-order valence-corrected chi connectivity index (χ1v) is 4.13. The minimum atomic E-state index is 0. The quantitative estimate of drug-likeness (QED) is 0.378. The molecule has 0 unspecified atom stereocenters. The number of benzene rings is 1. The summed E-state index contributed by atoms with van der Waals surface area (Å²) in [6.07, 6.45) is 0. The molecule has 0 aliphatic rings. The van der Waals surface area contributed by atoms with Gasteiger partial charge in [-0.2, -0.15) is 0 Å². The molecule has 4 N–H and O–H groups in total. The molecule has 6 heteroatoms. The van der Waals surface area contributed by atoms with Gasteiger partial charge in [0.05, 0.1) is 0 Å². The van der Waals surface area contributed by atoms with Crippen molar-refractivity contribution < 1.29 is 10.2 Å². The summed E-state index contributed by atoms with van der Waals surface area (Å²) >= 11 is 7.65. The molecule has 0 fully saturated rings. The molecule has 0 atom stereocenters. The zero-order valence-corrected chi connectivity index (χ0v) is 8.46. The maximum atomic E-state index is 7.26. The Morgan fingerprint density at radius 2 is 1.27 bits per heavy atom. The van der Waals surface area contributed by atoms with Crippen LogP contribution in [0, 0.1) is 0 Å². The molecule has 0 saturated carbocycles. The monoisotopic (exact) mass is 257 g/mol. The zero-order chi connectivity index (χ0) is 10.5. The number of para-hydroxylation sites is 1. The zero-order valence-electron chi connectivity index (χ0n) is 6.83. The summed E-state index contributed by atoms with van der Waals surface area (Å²) in [6.45, 7) is 0. The van der Waals surface area contributed by atoms with Gasteiger partial charge in [-0.05, 0) is 36.6 Å². The van der Waals surface area contributed by atoms with Crippen LogP contribution >= 0.6 is 24.4 Å². The van der Waals surface area contributed by atoms with E-state index in [0.29, 0.717) is 11.1 Å². The van der Waals surface area contributed by atoms with E-state index in [1.165, 1.54) is 0 Å². The Labute approximate surface area is 124 Å². The molecule has 0 bridgehead atoms. The molecule has 3 nitrogen and oxygen atoms in total. The van der Waals surface area contributed by atoms with E-state index < -0.39 is 0 Å². The minimum absolute atomic E-state index is 0. The Hall–Kier alpha value is -0.200. The number of nitrogens with two attached hydrogens (primary N) is 1. The summed E-state index contributed by atoms with van der Waals surface area (Å²) < 4.78 is 0. The van der Waals surface area contributed by atoms with Crippen molar-refractivity contribution in [3.63, 3.8) is 0 Å². The van der Waals surface area contributed by atoms with Crippen molar-refractivity contribution in [1.82, 2.24) is 0 Å². The normalized spacial score (nSPS) is 5.60. The molecule has 82 valence electrons. The van der Waals surface area contributed by atoms with E-state index in [-0.39, 0.29) is 37.0 Å². The number of thiocarbonyl (C=S) groups is 2. The van der Waals surface area contributed by atoms with Crippen molar-refractivity contribution in [3.05, 3.63) is 30.3 Å². The van der Waals surface area contributed by atoms with Gasteiger partial charge in [0.25, 0.3) is 0 Å². The van der Waals surface area contributed by atoms with Crippen molar-refractivity contribution in [2.24, 2.45) is 0 Å². The fourth-order valence-electron chi connectivity index (χ4n) is 0.453. The third-order valence-electron chi connectivity index (χ3n) is 0.800. The molecule has 0 aliphatic carbocycles. The van der Waals surface area contributed by atoms with Crippen molar-refractivity contribution in [3.8, 4) is 0 Å². The second-order valence-corrected chi connectivity index (χ2v) is 2.04. The van der Waals surface area contributed by atoms with Crippen LogP contribution in [0.4, 0.5) is 5.69 Å². The first-order valence-electron chi connectivity index (χ1n) is 3.19. The first kappa shape index (κ1) is 24.2. The Bertz CT molecular complexity index is 217. The van der Waals surface area contributed by atoms with Crippen LogP contribution < -0.4 is 5.73 Å². The number of anilines is 1. The van der Waals surface area contributed by atoms with E-state index in [4.69, 9.17) is 15.9 Å². The van der Waals surface area contributed by atoms with Crippen LogP contribution in [0.3, 0.4) is 0 Å². The number of aliphatic hydroxyl groups excluding tert-OH is 2. The van der Waals surface area contributed by atoms with Gasteiger partial charge < -0.3 is 15.9 Å². The second-order valence-electron chi connectivity index (χ2n) is 1.62. The van der Waals surface area contributed by atoms with Gasteiger partial charge in [-0.25, -0.2) is 0 Å². The molecule has 0 heterocycles. The van der Waals surface area contributed by atoms with Crippen LogP contribution in [0.25, 0.3) is 0 Å². The summed E-state index contributed by atoms with van der Waals surface area (Å²) in [5, 5.41) is 14.5. The Balaban J connectivity index is -0.0000000665. The average molecular weight is 257 g/mol. The molecule has 0 spiro atoms. The molecule has 0 amide bonds. The van der Waals surface area contributed by atoms with Gasteiger partial charge >= 0.3 is 29.6 Å². The number of hydrogen-bond donors (Lipinski definition) is 3. The van der Waals surface area contributed by atoms with E-state index in [0.717, 1.165) is 5.69 Å².